The number of nitrogens with zero attached hydrogens (tertiary/aromatic N) is 1. The third-order valence-electron chi connectivity index (χ3n) is 3.00. The molecule has 0 fully saturated rings. The van der Waals surface area contributed by atoms with Gasteiger partial charge in [-0.15, -0.1) is 0 Å². The van der Waals surface area contributed by atoms with E-state index < -0.39 is 0 Å². The second-order valence-corrected chi connectivity index (χ2v) is 4.63. The van der Waals surface area contributed by atoms with Gasteiger partial charge in [-0.25, -0.2) is 0 Å². The Morgan fingerprint density at radius 2 is 1.70 bits per heavy atom. The molecule has 1 heterocycles. The molecule has 2 N–H and O–H groups in total. The normalized spacial score (nSPS) is 10.2. The summed E-state index contributed by atoms with van der Waals surface area (Å²) in [5.41, 5.74) is 3.28. The molecule has 1 aromatic heterocycles. The van der Waals surface area contributed by atoms with Crippen LogP contribution in [0.25, 0.3) is 0 Å². The molecular weight excluding hydrogens is 250 g/mol. The van der Waals surface area contributed by atoms with Crippen molar-refractivity contribution in [3.05, 3.63) is 59.9 Å². The van der Waals surface area contributed by atoms with Crippen LogP contribution < -0.4 is 10.6 Å². The van der Waals surface area contributed by atoms with Gasteiger partial charge in [-0.3, -0.25) is 9.78 Å². The Morgan fingerprint density at radius 3 is 2.35 bits per heavy atom. The van der Waals surface area contributed by atoms with Crippen molar-refractivity contribution < 1.29 is 4.79 Å². The average molecular weight is 269 g/mol. The number of carbonyl (C=O) groups is 1. The first-order chi connectivity index (χ1) is 9.78. The van der Waals surface area contributed by atoms with Gasteiger partial charge in [0.1, 0.15) is 0 Å². The lowest BCUT2D eigenvalue weighted by atomic mass is 10.1. The Kier molecular flexibility index (Phi) is 5.26. The zero-order valence-corrected chi connectivity index (χ0v) is 11.6. The lowest BCUT2D eigenvalue weighted by Gasteiger charge is -2.06. The van der Waals surface area contributed by atoms with E-state index in [0.29, 0.717) is 13.0 Å². The number of aromatic nitrogens is 1. The van der Waals surface area contributed by atoms with Gasteiger partial charge >= 0.3 is 0 Å². The Balaban J connectivity index is 1.91. The molecule has 0 aliphatic rings. The molecule has 0 radical (unpaired) electrons. The number of benzene rings is 1. The molecule has 0 bridgehead atoms. The van der Waals surface area contributed by atoms with E-state index in [1.807, 2.05) is 43.4 Å². The van der Waals surface area contributed by atoms with Gasteiger partial charge in [0.15, 0.2) is 0 Å². The summed E-state index contributed by atoms with van der Waals surface area (Å²) in [5.74, 6) is 0.0289. The van der Waals surface area contributed by atoms with Crippen LogP contribution in [0.2, 0.25) is 0 Å². The molecule has 2 aromatic rings. The smallest absolute Gasteiger partial charge is 0.225 e. The van der Waals surface area contributed by atoms with Crippen LogP contribution in [0.1, 0.15) is 17.5 Å². The molecule has 4 heteroatoms. The monoisotopic (exact) mass is 269 g/mol. The number of carbonyl (C=O) groups excluding carboxylic acids is 1. The molecule has 4 nitrogen and oxygen atoms in total. The number of nitrogens with one attached hydrogen (secondary N) is 2. The van der Waals surface area contributed by atoms with Gasteiger partial charge in [0.05, 0.1) is 0 Å². The molecule has 0 atom stereocenters. The Morgan fingerprint density at radius 1 is 1.05 bits per heavy atom. The minimum absolute atomic E-state index is 0.0289. The fourth-order valence-electron chi connectivity index (χ4n) is 1.90. The van der Waals surface area contributed by atoms with Gasteiger partial charge in [0.2, 0.25) is 5.91 Å². The van der Waals surface area contributed by atoms with Crippen molar-refractivity contribution in [3.63, 3.8) is 0 Å². The maximum Gasteiger partial charge on any atom is 0.225 e. The maximum absolute atomic E-state index is 11.6. The molecule has 104 valence electrons. The van der Waals surface area contributed by atoms with Crippen molar-refractivity contribution in [3.8, 4) is 0 Å². The van der Waals surface area contributed by atoms with E-state index in [2.05, 4.69) is 15.6 Å². The van der Waals surface area contributed by atoms with Crippen molar-refractivity contribution in [1.82, 2.24) is 10.3 Å². The van der Waals surface area contributed by atoms with E-state index in [1.165, 1.54) is 11.1 Å². The highest BCUT2D eigenvalue weighted by atomic mass is 16.1. The van der Waals surface area contributed by atoms with E-state index in [1.54, 1.807) is 12.4 Å². The number of pyridine rings is 1. The first kappa shape index (κ1) is 14.2. The number of amides is 1. The summed E-state index contributed by atoms with van der Waals surface area (Å²) < 4.78 is 0. The summed E-state index contributed by atoms with van der Waals surface area (Å²) in [5, 5.41) is 5.83. The van der Waals surface area contributed by atoms with Crippen LogP contribution in [0.3, 0.4) is 0 Å². The summed E-state index contributed by atoms with van der Waals surface area (Å²) in [7, 11) is 1.83. The van der Waals surface area contributed by atoms with Crippen LogP contribution in [0.5, 0.6) is 0 Å². The highest BCUT2D eigenvalue weighted by Crippen LogP contribution is 2.13. The van der Waals surface area contributed by atoms with Crippen LogP contribution >= 0.6 is 0 Å². The summed E-state index contributed by atoms with van der Waals surface area (Å²) in [6.07, 6.45) is 4.95. The third-order valence-corrected chi connectivity index (χ3v) is 3.00. The number of rotatable bonds is 6. The third kappa shape index (κ3) is 4.48. The van der Waals surface area contributed by atoms with E-state index in [4.69, 9.17) is 0 Å². The second-order valence-electron chi connectivity index (χ2n) is 4.63. The summed E-state index contributed by atoms with van der Waals surface area (Å²) in [4.78, 5) is 15.6. The maximum atomic E-state index is 11.6. The van der Waals surface area contributed by atoms with Crippen molar-refractivity contribution in [2.24, 2.45) is 0 Å². The average Bonchev–Trinajstić information content (AvgIpc) is 2.48. The molecule has 0 saturated carbocycles. The topological polar surface area (TPSA) is 54.0 Å². The molecule has 1 amide bonds. The minimum atomic E-state index is 0.0289. The number of hydrogen-bond donors (Lipinski definition) is 2. The van der Waals surface area contributed by atoms with Gasteiger partial charge in [-0.2, -0.15) is 0 Å². The predicted molar refractivity (Wildman–Crippen MR) is 80.7 cm³/mol. The SMILES string of the molecule is CNCCC(=O)Nc1ccc(Cc2ccncc2)cc1. The molecule has 0 saturated heterocycles. The Hall–Kier alpha value is -2.20. The number of anilines is 1. The zero-order valence-electron chi connectivity index (χ0n) is 11.6. The molecule has 20 heavy (non-hydrogen) atoms. The molecule has 1 aromatic carbocycles. The van der Waals surface area contributed by atoms with Gasteiger partial charge < -0.3 is 10.6 Å². The quantitative estimate of drug-likeness (QED) is 0.845. The summed E-state index contributed by atoms with van der Waals surface area (Å²) >= 11 is 0. The van der Waals surface area contributed by atoms with Crippen molar-refractivity contribution in [2.45, 2.75) is 12.8 Å². The van der Waals surface area contributed by atoms with Gasteiger partial charge in [0.25, 0.3) is 0 Å². The lowest BCUT2D eigenvalue weighted by Crippen LogP contribution is -2.18. The van der Waals surface area contributed by atoms with E-state index in [0.717, 1.165) is 12.1 Å². The second kappa shape index (κ2) is 7.40. The summed E-state index contributed by atoms with van der Waals surface area (Å²) in [6.45, 7) is 0.686. The molecule has 0 aliphatic heterocycles. The van der Waals surface area contributed by atoms with E-state index in [9.17, 15) is 4.79 Å². The first-order valence-electron chi connectivity index (χ1n) is 6.70. The molecular formula is C16H19N3O. The number of hydrogen-bond acceptors (Lipinski definition) is 3. The van der Waals surface area contributed by atoms with Crippen molar-refractivity contribution in [2.75, 3.05) is 18.9 Å². The van der Waals surface area contributed by atoms with Crippen molar-refractivity contribution in [1.29, 1.82) is 0 Å². The standard InChI is InChI=1S/C16H19N3O/c1-17-9-8-16(20)19-15-4-2-13(3-5-15)12-14-6-10-18-11-7-14/h2-7,10-11,17H,8-9,12H2,1H3,(H,19,20). The zero-order chi connectivity index (χ0) is 14.2. The molecule has 0 aliphatic carbocycles. The predicted octanol–water partition coefficient (Wildman–Crippen LogP) is 2.22. The largest absolute Gasteiger partial charge is 0.326 e. The summed E-state index contributed by atoms with van der Waals surface area (Å²) in [6, 6.07) is 12.0. The molecule has 0 spiro atoms. The van der Waals surface area contributed by atoms with Crippen molar-refractivity contribution >= 4 is 11.6 Å². The Bertz CT molecular complexity index is 537. The minimum Gasteiger partial charge on any atom is -0.326 e. The highest BCUT2D eigenvalue weighted by Gasteiger charge is 2.02. The van der Waals surface area contributed by atoms with Gasteiger partial charge in [-0.05, 0) is 48.9 Å². The highest BCUT2D eigenvalue weighted by molar-refractivity contribution is 5.90. The van der Waals surface area contributed by atoms with Crippen LogP contribution in [-0.4, -0.2) is 24.5 Å². The molecule has 2 rings (SSSR count). The van der Waals surface area contributed by atoms with E-state index in [-0.39, 0.29) is 5.91 Å². The fraction of sp³-hybridized carbons (Fsp3) is 0.250. The lowest BCUT2D eigenvalue weighted by molar-refractivity contribution is -0.116. The van der Waals surface area contributed by atoms with Crippen LogP contribution in [0, 0.1) is 0 Å². The van der Waals surface area contributed by atoms with Crippen LogP contribution in [0.4, 0.5) is 5.69 Å². The fourth-order valence-corrected chi connectivity index (χ4v) is 1.90. The molecule has 0 unspecified atom stereocenters. The van der Waals surface area contributed by atoms with Gasteiger partial charge in [0, 0.05) is 31.0 Å². The van der Waals surface area contributed by atoms with Gasteiger partial charge in [-0.1, -0.05) is 12.1 Å². The van der Waals surface area contributed by atoms with Crippen LogP contribution in [-0.2, 0) is 11.2 Å². The van der Waals surface area contributed by atoms with E-state index >= 15 is 0 Å². The first-order valence-corrected chi connectivity index (χ1v) is 6.70. The Labute approximate surface area is 119 Å². The van der Waals surface area contributed by atoms with Crippen LogP contribution in [0.15, 0.2) is 48.8 Å².